The number of nitrogens with one attached hydrogen (secondary N) is 1. The summed E-state index contributed by atoms with van der Waals surface area (Å²) in [7, 11) is 0. The predicted molar refractivity (Wildman–Crippen MR) is 81.0 cm³/mol. The first-order chi connectivity index (χ1) is 9.22. The van der Waals surface area contributed by atoms with Gasteiger partial charge in [-0.15, -0.1) is 0 Å². The van der Waals surface area contributed by atoms with Gasteiger partial charge in [0.15, 0.2) is 0 Å². The topological polar surface area (TPSA) is 29.1 Å². The zero-order chi connectivity index (χ0) is 13.9. The second kappa shape index (κ2) is 9.60. The summed E-state index contributed by atoms with van der Waals surface area (Å²) in [5.41, 5.74) is 2.42. The van der Waals surface area contributed by atoms with Crippen molar-refractivity contribution in [3.63, 3.8) is 0 Å². The van der Waals surface area contributed by atoms with E-state index in [1.165, 1.54) is 43.2 Å². The van der Waals surface area contributed by atoms with E-state index >= 15 is 0 Å². The molecule has 0 bridgehead atoms. The molecule has 0 spiro atoms. The molecule has 1 amide bonds. The fourth-order valence-corrected chi connectivity index (χ4v) is 2.06. The number of hydrogen-bond donors (Lipinski definition) is 1. The third-order valence-electron chi connectivity index (χ3n) is 3.37. The Morgan fingerprint density at radius 2 is 1.63 bits per heavy atom. The third kappa shape index (κ3) is 7.66. The Hall–Kier alpha value is -1.31. The predicted octanol–water partition coefficient (Wildman–Crippen LogP) is 4.36. The highest BCUT2D eigenvalue weighted by molar-refractivity contribution is 5.75. The van der Waals surface area contributed by atoms with Gasteiger partial charge in [0.05, 0.1) is 0 Å². The minimum Gasteiger partial charge on any atom is -0.352 e. The summed E-state index contributed by atoms with van der Waals surface area (Å²) in [5.74, 6) is 0.177. The highest BCUT2D eigenvalue weighted by Crippen LogP contribution is 2.07. The highest BCUT2D eigenvalue weighted by Gasteiger charge is 2.01. The number of benzene rings is 1. The first kappa shape index (κ1) is 15.7. The van der Waals surface area contributed by atoms with E-state index in [-0.39, 0.29) is 5.91 Å². The van der Waals surface area contributed by atoms with Crippen LogP contribution in [0.5, 0.6) is 0 Å². The van der Waals surface area contributed by atoms with E-state index in [1.54, 1.807) is 0 Å². The van der Waals surface area contributed by atoms with Crippen LogP contribution in [0.2, 0.25) is 0 Å². The molecule has 2 nitrogen and oxygen atoms in total. The van der Waals surface area contributed by atoms with Crippen molar-refractivity contribution in [3.8, 4) is 0 Å². The monoisotopic (exact) mass is 261 g/mol. The van der Waals surface area contributed by atoms with Gasteiger partial charge in [0, 0.05) is 13.0 Å². The lowest BCUT2D eigenvalue weighted by Crippen LogP contribution is -2.22. The van der Waals surface area contributed by atoms with Gasteiger partial charge in [0.2, 0.25) is 5.91 Å². The van der Waals surface area contributed by atoms with E-state index in [9.17, 15) is 4.79 Å². The minimum atomic E-state index is 0.177. The van der Waals surface area contributed by atoms with Gasteiger partial charge in [0.1, 0.15) is 0 Å². The molecule has 106 valence electrons. The average molecular weight is 261 g/mol. The second-order valence-corrected chi connectivity index (χ2v) is 5.28. The van der Waals surface area contributed by atoms with Gasteiger partial charge >= 0.3 is 0 Å². The molecule has 0 aliphatic carbocycles. The third-order valence-corrected chi connectivity index (χ3v) is 3.37. The van der Waals surface area contributed by atoms with Crippen LogP contribution in [-0.2, 0) is 11.3 Å². The zero-order valence-electron chi connectivity index (χ0n) is 12.4. The normalized spacial score (nSPS) is 10.4. The molecule has 0 atom stereocenters. The number of amides is 1. The zero-order valence-corrected chi connectivity index (χ0v) is 12.4. The quantitative estimate of drug-likeness (QED) is 0.657. The number of rotatable bonds is 9. The lowest BCUT2D eigenvalue weighted by atomic mass is 10.1. The Bertz CT molecular complexity index is 356. The molecule has 19 heavy (non-hydrogen) atoms. The van der Waals surface area contributed by atoms with Crippen LogP contribution in [0.3, 0.4) is 0 Å². The van der Waals surface area contributed by atoms with Gasteiger partial charge in [-0.3, -0.25) is 4.79 Å². The van der Waals surface area contributed by atoms with Crippen LogP contribution in [0.1, 0.15) is 63.0 Å². The van der Waals surface area contributed by atoms with Crippen molar-refractivity contribution in [2.24, 2.45) is 0 Å². The molecule has 1 aromatic carbocycles. The summed E-state index contributed by atoms with van der Waals surface area (Å²) in [6.45, 7) is 4.94. The highest BCUT2D eigenvalue weighted by atomic mass is 16.1. The maximum atomic E-state index is 11.7. The van der Waals surface area contributed by atoms with Crippen LogP contribution >= 0.6 is 0 Å². The van der Waals surface area contributed by atoms with Crippen LogP contribution in [0, 0.1) is 6.92 Å². The van der Waals surface area contributed by atoms with Crippen molar-refractivity contribution in [3.05, 3.63) is 35.4 Å². The van der Waals surface area contributed by atoms with Crippen molar-refractivity contribution in [2.75, 3.05) is 0 Å². The summed E-state index contributed by atoms with van der Waals surface area (Å²) in [6.07, 6.45) is 8.02. The first-order valence-corrected chi connectivity index (χ1v) is 7.54. The SMILES string of the molecule is CCCCCCCCC(=O)NCc1ccc(C)cc1. The molecule has 0 radical (unpaired) electrons. The maximum Gasteiger partial charge on any atom is 0.220 e. The molecule has 2 heteroatoms. The molecular weight excluding hydrogens is 234 g/mol. The Labute approximate surface area is 117 Å². The van der Waals surface area contributed by atoms with Crippen molar-refractivity contribution in [1.82, 2.24) is 5.32 Å². The lowest BCUT2D eigenvalue weighted by molar-refractivity contribution is -0.121. The fourth-order valence-electron chi connectivity index (χ4n) is 2.06. The van der Waals surface area contributed by atoms with Gasteiger partial charge in [-0.05, 0) is 18.9 Å². The van der Waals surface area contributed by atoms with E-state index in [4.69, 9.17) is 0 Å². The van der Waals surface area contributed by atoms with E-state index < -0.39 is 0 Å². The second-order valence-electron chi connectivity index (χ2n) is 5.28. The van der Waals surface area contributed by atoms with Gasteiger partial charge in [-0.2, -0.15) is 0 Å². The van der Waals surface area contributed by atoms with Gasteiger partial charge in [0.25, 0.3) is 0 Å². The molecule has 0 saturated heterocycles. The molecule has 0 aliphatic heterocycles. The smallest absolute Gasteiger partial charge is 0.220 e. The molecule has 1 N–H and O–H groups in total. The molecule has 0 fully saturated rings. The fraction of sp³-hybridized carbons (Fsp3) is 0.588. The maximum absolute atomic E-state index is 11.7. The Kier molecular flexibility index (Phi) is 7.95. The summed E-state index contributed by atoms with van der Waals surface area (Å²) in [6, 6.07) is 8.30. The molecule has 1 aromatic rings. The summed E-state index contributed by atoms with van der Waals surface area (Å²) < 4.78 is 0. The molecule has 0 unspecified atom stereocenters. The van der Waals surface area contributed by atoms with Crippen LogP contribution in [0.4, 0.5) is 0 Å². The minimum absolute atomic E-state index is 0.177. The van der Waals surface area contributed by atoms with E-state index in [1.807, 2.05) is 0 Å². The number of aryl methyl sites for hydroxylation is 1. The Balaban J connectivity index is 2.06. The van der Waals surface area contributed by atoms with Gasteiger partial charge in [-0.25, -0.2) is 0 Å². The van der Waals surface area contributed by atoms with Crippen LogP contribution in [-0.4, -0.2) is 5.91 Å². The molecular formula is C17H27NO. The van der Waals surface area contributed by atoms with E-state index in [2.05, 4.69) is 43.4 Å². The molecule has 1 rings (SSSR count). The molecule has 0 aromatic heterocycles. The van der Waals surface area contributed by atoms with E-state index in [0.29, 0.717) is 13.0 Å². The van der Waals surface area contributed by atoms with Crippen LogP contribution in [0.15, 0.2) is 24.3 Å². The first-order valence-electron chi connectivity index (χ1n) is 7.54. The molecule has 0 heterocycles. The van der Waals surface area contributed by atoms with Gasteiger partial charge in [-0.1, -0.05) is 68.9 Å². The Morgan fingerprint density at radius 1 is 1.00 bits per heavy atom. The summed E-state index contributed by atoms with van der Waals surface area (Å²) in [5, 5.41) is 2.98. The molecule has 0 aliphatic rings. The van der Waals surface area contributed by atoms with Crippen molar-refractivity contribution >= 4 is 5.91 Å². The van der Waals surface area contributed by atoms with Crippen LogP contribution in [0.25, 0.3) is 0 Å². The molecule has 0 saturated carbocycles. The number of carbonyl (C=O) groups is 1. The van der Waals surface area contributed by atoms with Crippen molar-refractivity contribution in [2.45, 2.75) is 65.3 Å². The van der Waals surface area contributed by atoms with Gasteiger partial charge < -0.3 is 5.32 Å². The van der Waals surface area contributed by atoms with Crippen LogP contribution < -0.4 is 5.32 Å². The number of carbonyl (C=O) groups excluding carboxylic acids is 1. The Morgan fingerprint density at radius 3 is 2.32 bits per heavy atom. The number of hydrogen-bond acceptors (Lipinski definition) is 1. The average Bonchev–Trinajstić information content (AvgIpc) is 2.42. The lowest BCUT2D eigenvalue weighted by Gasteiger charge is -2.06. The summed E-state index contributed by atoms with van der Waals surface area (Å²) in [4.78, 5) is 11.7. The summed E-state index contributed by atoms with van der Waals surface area (Å²) >= 11 is 0. The van der Waals surface area contributed by atoms with Crippen molar-refractivity contribution < 1.29 is 4.79 Å². The van der Waals surface area contributed by atoms with E-state index in [0.717, 1.165) is 6.42 Å². The largest absolute Gasteiger partial charge is 0.352 e. The number of unbranched alkanes of at least 4 members (excludes halogenated alkanes) is 5. The standard InChI is InChI=1S/C17H27NO/c1-3-4-5-6-7-8-9-17(19)18-14-16-12-10-15(2)11-13-16/h10-13H,3-9,14H2,1-2H3,(H,18,19). The van der Waals surface area contributed by atoms with Crippen molar-refractivity contribution in [1.29, 1.82) is 0 Å².